The standard InChI is InChI=1S/C32H50O7/c1-2-23-15-16-24(21-23)28(38-31-13-7-9-19-36-31)18-17-26-25(11-5-3-4-6-12-30(34)35)27(33)22-29(26)39-32-14-8-10-20-37-32/h3,5,17-18,23-26,28-29,31-32H,2,4,6-16,19-22H2,1H3,(H,34,35)/b5-3-,18-17+/t23?,24?,25-,26-,28-,29-,31?,32?/m1/s1. The predicted octanol–water partition coefficient (Wildman–Crippen LogP) is 6.60. The number of rotatable bonds is 14. The number of Topliss-reactive ketones (excluding diaryl/α,β-unsaturated/α-hetero) is 1. The van der Waals surface area contributed by atoms with E-state index in [0.29, 0.717) is 38.2 Å². The van der Waals surface area contributed by atoms with Crippen LogP contribution in [0.25, 0.3) is 0 Å². The van der Waals surface area contributed by atoms with Gasteiger partial charge < -0.3 is 24.1 Å². The number of carbonyl (C=O) groups is 2. The Morgan fingerprint density at radius 2 is 1.82 bits per heavy atom. The van der Waals surface area contributed by atoms with Crippen molar-refractivity contribution in [1.82, 2.24) is 0 Å². The highest BCUT2D eigenvalue weighted by molar-refractivity contribution is 5.85. The molecule has 0 aromatic rings. The van der Waals surface area contributed by atoms with Crippen molar-refractivity contribution in [3.8, 4) is 0 Å². The summed E-state index contributed by atoms with van der Waals surface area (Å²) in [6, 6.07) is 0. The lowest BCUT2D eigenvalue weighted by Crippen LogP contribution is -2.32. The molecule has 0 bridgehead atoms. The minimum absolute atomic E-state index is 0.0147. The third-order valence-corrected chi connectivity index (χ3v) is 9.09. The molecular weight excluding hydrogens is 496 g/mol. The summed E-state index contributed by atoms with van der Waals surface area (Å²) in [7, 11) is 0. The highest BCUT2D eigenvalue weighted by atomic mass is 16.7. The summed E-state index contributed by atoms with van der Waals surface area (Å²) < 4.78 is 24.9. The van der Waals surface area contributed by atoms with Crippen LogP contribution in [0.3, 0.4) is 0 Å². The Morgan fingerprint density at radius 1 is 1.05 bits per heavy atom. The molecule has 0 radical (unpaired) electrons. The molecule has 0 amide bonds. The fourth-order valence-corrected chi connectivity index (χ4v) is 6.72. The second-order valence-electron chi connectivity index (χ2n) is 11.9. The Balaban J connectivity index is 1.46. The monoisotopic (exact) mass is 546 g/mol. The maximum absolute atomic E-state index is 13.2. The highest BCUT2D eigenvalue weighted by Crippen LogP contribution is 2.40. The largest absolute Gasteiger partial charge is 0.481 e. The van der Waals surface area contributed by atoms with Crippen LogP contribution >= 0.6 is 0 Å². The van der Waals surface area contributed by atoms with E-state index in [9.17, 15) is 9.59 Å². The van der Waals surface area contributed by atoms with Gasteiger partial charge in [0.05, 0.1) is 12.2 Å². The van der Waals surface area contributed by atoms with Crippen molar-refractivity contribution in [2.45, 2.75) is 128 Å². The number of aliphatic carboxylic acids is 1. The number of unbranched alkanes of at least 4 members (excludes halogenated alkanes) is 1. The molecule has 2 saturated carbocycles. The fourth-order valence-electron chi connectivity index (χ4n) is 6.72. The molecule has 2 aliphatic carbocycles. The summed E-state index contributed by atoms with van der Waals surface area (Å²) in [5.74, 6) is 0.515. The fraction of sp³-hybridized carbons (Fsp3) is 0.812. The van der Waals surface area contributed by atoms with Crippen molar-refractivity contribution in [1.29, 1.82) is 0 Å². The van der Waals surface area contributed by atoms with Crippen LogP contribution in [-0.2, 0) is 28.5 Å². The Hall–Kier alpha value is -1.54. The Kier molecular flexibility index (Phi) is 12.5. The van der Waals surface area contributed by atoms with Crippen molar-refractivity contribution in [3.63, 3.8) is 0 Å². The molecule has 4 unspecified atom stereocenters. The maximum atomic E-state index is 13.2. The molecule has 2 heterocycles. The minimum atomic E-state index is -0.771. The van der Waals surface area contributed by atoms with Gasteiger partial charge in [-0.05, 0) is 82.5 Å². The van der Waals surface area contributed by atoms with Gasteiger partial charge in [0.1, 0.15) is 5.78 Å². The molecule has 0 aromatic heterocycles. The smallest absolute Gasteiger partial charge is 0.303 e. The summed E-state index contributed by atoms with van der Waals surface area (Å²) in [5, 5.41) is 8.87. The van der Waals surface area contributed by atoms with Crippen LogP contribution in [0.1, 0.15) is 103 Å². The summed E-state index contributed by atoms with van der Waals surface area (Å²) in [6.07, 6.45) is 21.5. The number of ether oxygens (including phenoxy) is 4. The number of carbonyl (C=O) groups excluding carboxylic acids is 1. The first-order valence-electron chi connectivity index (χ1n) is 15.7. The summed E-state index contributed by atoms with van der Waals surface area (Å²) >= 11 is 0. The number of hydrogen-bond donors (Lipinski definition) is 1. The number of hydrogen-bond acceptors (Lipinski definition) is 6. The molecule has 39 heavy (non-hydrogen) atoms. The van der Waals surface area contributed by atoms with Gasteiger partial charge in [-0.3, -0.25) is 9.59 Å². The highest BCUT2D eigenvalue weighted by Gasteiger charge is 2.43. The zero-order chi connectivity index (χ0) is 27.5. The van der Waals surface area contributed by atoms with Gasteiger partial charge in [0.15, 0.2) is 12.6 Å². The van der Waals surface area contributed by atoms with Crippen molar-refractivity contribution in [2.24, 2.45) is 23.7 Å². The van der Waals surface area contributed by atoms with Gasteiger partial charge in [-0.15, -0.1) is 0 Å². The topological polar surface area (TPSA) is 91.3 Å². The van der Waals surface area contributed by atoms with Crippen LogP contribution in [-0.4, -0.2) is 54.9 Å². The first-order valence-corrected chi connectivity index (χ1v) is 15.7. The van der Waals surface area contributed by atoms with Crippen molar-refractivity contribution >= 4 is 11.8 Å². The molecule has 220 valence electrons. The molecule has 8 atom stereocenters. The molecule has 0 aromatic carbocycles. The first-order chi connectivity index (χ1) is 19.0. The lowest BCUT2D eigenvalue weighted by atomic mass is 9.89. The SMILES string of the molecule is CCC1CCC([C@@H](/C=C/[C@H]2[C@H](OC3CCCCO3)CC(=O)[C@@H]2C/C=C\CCCC(=O)O)OC2CCCCO2)C1. The van der Waals surface area contributed by atoms with Gasteiger partial charge in [0.25, 0.3) is 0 Å². The van der Waals surface area contributed by atoms with Crippen molar-refractivity contribution in [3.05, 3.63) is 24.3 Å². The molecule has 7 nitrogen and oxygen atoms in total. The van der Waals surface area contributed by atoms with E-state index in [1.807, 2.05) is 6.08 Å². The van der Waals surface area contributed by atoms with Gasteiger partial charge in [0.2, 0.25) is 0 Å². The third-order valence-electron chi connectivity index (χ3n) is 9.09. The van der Waals surface area contributed by atoms with Crippen LogP contribution in [0, 0.1) is 23.7 Å². The van der Waals surface area contributed by atoms with Crippen LogP contribution < -0.4 is 0 Å². The Labute approximate surface area is 234 Å². The van der Waals surface area contributed by atoms with E-state index < -0.39 is 5.97 Å². The second kappa shape index (κ2) is 16.0. The lowest BCUT2D eigenvalue weighted by Gasteiger charge is -2.31. The van der Waals surface area contributed by atoms with Gasteiger partial charge >= 0.3 is 5.97 Å². The van der Waals surface area contributed by atoms with E-state index >= 15 is 0 Å². The number of carboxylic acid groups (broad SMARTS) is 1. The van der Waals surface area contributed by atoms with Crippen molar-refractivity contribution in [2.75, 3.05) is 13.2 Å². The van der Waals surface area contributed by atoms with Crippen LogP contribution in [0.5, 0.6) is 0 Å². The lowest BCUT2D eigenvalue weighted by molar-refractivity contribution is -0.193. The van der Waals surface area contributed by atoms with E-state index in [4.69, 9.17) is 24.1 Å². The molecule has 4 rings (SSSR count). The van der Waals surface area contributed by atoms with E-state index in [1.54, 1.807) is 0 Å². The molecule has 0 spiro atoms. The zero-order valence-corrected chi connectivity index (χ0v) is 23.8. The minimum Gasteiger partial charge on any atom is -0.481 e. The molecule has 7 heteroatoms. The van der Waals surface area contributed by atoms with Crippen LogP contribution in [0.2, 0.25) is 0 Å². The molecule has 1 N–H and O–H groups in total. The van der Waals surface area contributed by atoms with Crippen LogP contribution in [0.15, 0.2) is 24.3 Å². The molecular formula is C32H50O7. The second-order valence-corrected chi connectivity index (χ2v) is 11.9. The summed E-state index contributed by atoms with van der Waals surface area (Å²) in [5.41, 5.74) is 0. The third kappa shape index (κ3) is 9.51. The van der Waals surface area contributed by atoms with Gasteiger partial charge in [-0.25, -0.2) is 0 Å². The van der Waals surface area contributed by atoms with Gasteiger partial charge in [0, 0.05) is 37.9 Å². The normalized spacial score (nSPS) is 34.8. The predicted molar refractivity (Wildman–Crippen MR) is 149 cm³/mol. The molecule has 2 saturated heterocycles. The van der Waals surface area contributed by atoms with Crippen LogP contribution in [0.4, 0.5) is 0 Å². The summed E-state index contributed by atoms with van der Waals surface area (Å²) in [4.78, 5) is 24.0. The Bertz CT molecular complexity index is 811. The quantitative estimate of drug-likeness (QED) is 0.194. The van der Waals surface area contributed by atoms with Gasteiger partial charge in [-0.2, -0.15) is 0 Å². The number of ketones is 1. The molecule has 4 aliphatic rings. The average molecular weight is 547 g/mol. The van der Waals surface area contributed by atoms with E-state index in [0.717, 1.165) is 51.0 Å². The van der Waals surface area contributed by atoms with Gasteiger partial charge in [-0.1, -0.05) is 44.1 Å². The Morgan fingerprint density at radius 3 is 2.49 bits per heavy atom. The van der Waals surface area contributed by atoms with E-state index in [1.165, 1.54) is 25.7 Å². The summed E-state index contributed by atoms with van der Waals surface area (Å²) in [6.45, 7) is 3.76. The first kappa shape index (κ1) is 30.4. The van der Waals surface area contributed by atoms with E-state index in [-0.39, 0.29) is 48.8 Å². The average Bonchev–Trinajstić information content (AvgIpc) is 3.54. The number of allylic oxidation sites excluding steroid dienone is 2. The van der Waals surface area contributed by atoms with Crippen molar-refractivity contribution < 1.29 is 33.6 Å². The molecule has 4 fully saturated rings. The maximum Gasteiger partial charge on any atom is 0.303 e. The zero-order valence-electron chi connectivity index (χ0n) is 23.8. The van der Waals surface area contributed by atoms with E-state index in [2.05, 4.69) is 25.2 Å². The molecule has 2 aliphatic heterocycles. The number of carboxylic acids is 1.